The summed E-state index contributed by atoms with van der Waals surface area (Å²) >= 11 is 0. The SMILES string of the molecule is CC(=O)OCC1O[C@@H](OC2CCCCC2)C(OC(C)=O)[C@@H](OC(C)=O)[C@@H]1OC(C)=O. The topological polar surface area (TPSA) is 124 Å². The standard InChI is InChI=1S/C20H30O10/c1-11(21)25-10-16-17(26-12(2)22)18(27-13(3)23)19(28-14(4)24)20(30-16)29-15-8-6-5-7-9-15/h15-20H,5-10H2,1-4H3/t16?,17-,18+,19?,20-/m1/s1. The third kappa shape index (κ3) is 7.24. The maximum Gasteiger partial charge on any atom is 0.303 e. The van der Waals surface area contributed by atoms with E-state index in [0.29, 0.717) is 0 Å². The van der Waals surface area contributed by atoms with Gasteiger partial charge in [0.25, 0.3) is 0 Å². The smallest absolute Gasteiger partial charge is 0.303 e. The number of hydrogen-bond donors (Lipinski definition) is 0. The molecular weight excluding hydrogens is 400 g/mol. The predicted molar refractivity (Wildman–Crippen MR) is 99.9 cm³/mol. The van der Waals surface area contributed by atoms with Crippen LogP contribution in [-0.4, -0.2) is 67.3 Å². The van der Waals surface area contributed by atoms with Gasteiger partial charge in [0.05, 0.1) is 6.10 Å². The van der Waals surface area contributed by atoms with Crippen LogP contribution in [0.4, 0.5) is 0 Å². The minimum atomic E-state index is -1.20. The molecule has 2 unspecified atom stereocenters. The third-order valence-corrected chi connectivity index (χ3v) is 4.83. The number of esters is 4. The molecule has 0 N–H and O–H groups in total. The van der Waals surface area contributed by atoms with Crippen LogP contribution >= 0.6 is 0 Å². The molecule has 0 amide bonds. The van der Waals surface area contributed by atoms with E-state index in [4.69, 9.17) is 28.4 Å². The van der Waals surface area contributed by atoms with Gasteiger partial charge in [-0.3, -0.25) is 19.2 Å². The molecule has 30 heavy (non-hydrogen) atoms. The zero-order valence-electron chi connectivity index (χ0n) is 17.8. The second kappa shape index (κ2) is 11.3. The van der Waals surface area contributed by atoms with Gasteiger partial charge in [0.1, 0.15) is 12.7 Å². The van der Waals surface area contributed by atoms with Gasteiger partial charge in [0, 0.05) is 27.7 Å². The van der Waals surface area contributed by atoms with Crippen molar-refractivity contribution < 1.29 is 47.6 Å². The molecule has 1 saturated heterocycles. The minimum Gasteiger partial charge on any atom is -0.463 e. The predicted octanol–water partition coefficient (Wildman–Crippen LogP) is 1.42. The summed E-state index contributed by atoms with van der Waals surface area (Å²) in [5.74, 6) is -2.53. The Morgan fingerprint density at radius 2 is 1.27 bits per heavy atom. The van der Waals surface area contributed by atoms with E-state index in [9.17, 15) is 19.2 Å². The van der Waals surface area contributed by atoms with E-state index in [0.717, 1.165) is 32.1 Å². The van der Waals surface area contributed by atoms with Crippen LogP contribution in [0.15, 0.2) is 0 Å². The van der Waals surface area contributed by atoms with E-state index in [1.807, 2.05) is 0 Å². The fourth-order valence-electron chi connectivity index (χ4n) is 3.69. The Kier molecular flexibility index (Phi) is 9.04. The Bertz CT molecular complexity index is 627. The molecule has 0 aromatic heterocycles. The van der Waals surface area contributed by atoms with E-state index >= 15 is 0 Å². The summed E-state index contributed by atoms with van der Waals surface area (Å²) < 4.78 is 33.1. The molecule has 0 bridgehead atoms. The summed E-state index contributed by atoms with van der Waals surface area (Å²) in [4.78, 5) is 46.5. The fraction of sp³-hybridized carbons (Fsp3) is 0.800. The summed E-state index contributed by atoms with van der Waals surface area (Å²) in [5.41, 5.74) is 0. The van der Waals surface area contributed by atoms with Gasteiger partial charge in [-0.05, 0) is 12.8 Å². The maximum atomic E-state index is 11.8. The van der Waals surface area contributed by atoms with Crippen LogP contribution in [0.1, 0.15) is 59.8 Å². The first-order valence-corrected chi connectivity index (χ1v) is 10.1. The highest BCUT2D eigenvalue weighted by Crippen LogP contribution is 2.32. The van der Waals surface area contributed by atoms with Gasteiger partial charge in [-0.25, -0.2) is 0 Å². The van der Waals surface area contributed by atoms with Crippen molar-refractivity contribution >= 4 is 23.9 Å². The molecule has 1 heterocycles. The molecule has 170 valence electrons. The van der Waals surface area contributed by atoms with E-state index in [1.54, 1.807) is 0 Å². The van der Waals surface area contributed by atoms with Crippen molar-refractivity contribution in [2.45, 2.75) is 96.6 Å². The fourth-order valence-corrected chi connectivity index (χ4v) is 3.69. The first-order valence-electron chi connectivity index (χ1n) is 10.1. The largest absolute Gasteiger partial charge is 0.463 e. The summed E-state index contributed by atoms with van der Waals surface area (Å²) in [6.07, 6.45) is -0.995. The lowest BCUT2D eigenvalue weighted by Gasteiger charge is -2.45. The van der Waals surface area contributed by atoms with Crippen LogP contribution in [0.25, 0.3) is 0 Å². The number of hydrogen-bond acceptors (Lipinski definition) is 10. The first-order chi connectivity index (χ1) is 14.2. The molecule has 10 nitrogen and oxygen atoms in total. The van der Waals surface area contributed by atoms with Gasteiger partial charge in [-0.15, -0.1) is 0 Å². The molecular formula is C20H30O10. The average Bonchev–Trinajstić information content (AvgIpc) is 2.64. The second-order valence-electron chi connectivity index (χ2n) is 7.46. The summed E-state index contributed by atoms with van der Waals surface area (Å²) in [5, 5.41) is 0. The molecule has 1 aliphatic heterocycles. The average molecular weight is 430 g/mol. The van der Waals surface area contributed by atoms with Crippen LogP contribution in [-0.2, 0) is 47.6 Å². The van der Waals surface area contributed by atoms with Gasteiger partial charge >= 0.3 is 23.9 Å². The maximum absolute atomic E-state index is 11.8. The molecule has 2 rings (SSSR count). The molecule has 0 radical (unpaired) electrons. The van der Waals surface area contributed by atoms with Crippen molar-refractivity contribution in [3.63, 3.8) is 0 Å². The number of carbonyl (C=O) groups excluding carboxylic acids is 4. The molecule has 5 atom stereocenters. The highest BCUT2D eigenvalue weighted by atomic mass is 16.7. The highest BCUT2D eigenvalue weighted by Gasteiger charge is 2.53. The van der Waals surface area contributed by atoms with Crippen LogP contribution in [0.3, 0.4) is 0 Å². The van der Waals surface area contributed by atoms with Crippen molar-refractivity contribution in [3.8, 4) is 0 Å². The van der Waals surface area contributed by atoms with E-state index < -0.39 is 54.6 Å². The van der Waals surface area contributed by atoms with Crippen molar-refractivity contribution in [3.05, 3.63) is 0 Å². The van der Waals surface area contributed by atoms with Gasteiger partial charge in [0.2, 0.25) is 0 Å². The van der Waals surface area contributed by atoms with E-state index in [-0.39, 0.29) is 12.7 Å². The van der Waals surface area contributed by atoms with Gasteiger partial charge in [-0.2, -0.15) is 0 Å². The molecule has 0 spiro atoms. The van der Waals surface area contributed by atoms with Crippen LogP contribution < -0.4 is 0 Å². The summed E-state index contributed by atoms with van der Waals surface area (Å²) in [6, 6.07) is 0. The Hall–Kier alpha value is -2.20. The van der Waals surface area contributed by atoms with E-state index in [2.05, 4.69) is 0 Å². The lowest BCUT2D eigenvalue weighted by atomic mass is 9.96. The molecule has 0 aromatic carbocycles. The molecule has 10 heteroatoms. The highest BCUT2D eigenvalue weighted by molar-refractivity contribution is 5.68. The number of ether oxygens (including phenoxy) is 6. The van der Waals surface area contributed by atoms with Crippen LogP contribution in [0.2, 0.25) is 0 Å². The Morgan fingerprint density at radius 3 is 1.80 bits per heavy atom. The van der Waals surface area contributed by atoms with Gasteiger partial charge in [0.15, 0.2) is 24.6 Å². The molecule has 1 saturated carbocycles. The third-order valence-electron chi connectivity index (χ3n) is 4.83. The summed E-state index contributed by atoms with van der Waals surface area (Å²) in [7, 11) is 0. The quantitative estimate of drug-likeness (QED) is 0.432. The molecule has 2 aliphatic rings. The van der Waals surface area contributed by atoms with Crippen molar-refractivity contribution in [1.82, 2.24) is 0 Å². The zero-order valence-corrected chi connectivity index (χ0v) is 17.8. The number of rotatable bonds is 7. The summed E-state index contributed by atoms with van der Waals surface area (Å²) in [6.45, 7) is 4.53. The first kappa shape index (κ1) is 24.1. The Labute approximate surface area is 175 Å². The van der Waals surface area contributed by atoms with Gasteiger partial charge < -0.3 is 28.4 Å². The van der Waals surface area contributed by atoms with Crippen LogP contribution in [0, 0.1) is 0 Å². The van der Waals surface area contributed by atoms with Crippen LogP contribution in [0.5, 0.6) is 0 Å². The van der Waals surface area contributed by atoms with Gasteiger partial charge in [-0.1, -0.05) is 19.3 Å². The molecule has 0 aromatic rings. The Morgan fingerprint density at radius 1 is 0.733 bits per heavy atom. The zero-order chi connectivity index (χ0) is 22.3. The monoisotopic (exact) mass is 430 g/mol. The minimum absolute atomic E-state index is 0.126. The molecule has 2 fully saturated rings. The second-order valence-corrected chi connectivity index (χ2v) is 7.46. The van der Waals surface area contributed by atoms with E-state index in [1.165, 1.54) is 27.7 Å². The lowest BCUT2D eigenvalue weighted by molar-refractivity contribution is -0.318. The Balaban J connectivity index is 2.34. The van der Waals surface area contributed by atoms with Crippen molar-refractivity contribution in [2.75, 3.05) is 6.61 Å². The molecule has 1 aliphatic carbocycles. The lowest BCUT2D eigenvalue weighted by Crippen LogP contribution is -2.63. The number of carbonyl (C=O) groups is 4. The normalized spacial score (nSPS) is 29.5. The van der Waals surface area contributed by atoms with Crippen molar-refractivity contribution in [1.29, 1.82) is 0 Å². The van der Waals surface area contributed by atoms with Crippen molar-refractivity contribution in [2.24, 2.45) is 0 Å².